The van der Waals surface area contributed by atoms with E-state index in [0.29, 0.717) is 10.9 Å². The first-order valence-electron chi connectivity index (χ1n) is 5.23. The highest BCUT2D eigenvalue weighted by Gasteiger charge is 2.22. The van der Waals surface area contributed by atoms with E-state index in [1.165, 1.54) is 4.31 Å². The van der Waals surface area contributed by atoms with Gasteiger partial charge in [-0.15, -0.1) is 0 Å². The lowest BCUT2D eigenvalue weighted by Gasteiger charge is -2.12. The lowest BCUT2D eigenvalue weighted by atomic mass is 10.1. The highest BCUT2D eigenvalue weighted by molar-refractivity contribution is 7.89. The van der Waals surface area contributed by atoms with Crippen LogP contribution in [0.1, 0.15) is 12.5 Å². The standard InChI is InChI=1S/C11H16N2O2S/c1-8-6-9-7-10(4-5-11(9)12-8)16(14,15)13(2)3/h4-5,7-8,12H,6H2,1-3H3. The van der Waals surface area contributed by atoms with Crippen LogP contribution in [-0.4, -0.2) is 32.9 Å². The smallest absolute Gasteiger partial charge is 0.242 e. The summed E-state index contributed by atoms with van der Waals surface area (Å²) in [6.45, 7) is 2.08. The Morgan fingerprint density at radius 3 is 2.69 bits per heavy atom. The van der Waals surface area contributed by atoms with Crippen molar-refractivity contribution in [3.63, 3.8) is 0 Å². The minimum absolute atomic E-state index is 0.368. The van der Waals surface area contributed by atoms with Crippen LogP contribution >= 0.6 is 0 Å². The number of rotatable bonds is 2. The summed E-state index contributed by atoms with van der Waals surface area (Å²) < 4.78 is 25.1. The molecule has 1 heterocycles. The number of hydrogen-bond donors (Lipinski definition) is 1. The number of nitrogens with one attached hydrogen (secondary N) is 1. The number of nitrogens with zero attached hydrogens (tertiary/aromatic N) is 1. The number of anilines is 1. The summed E-state index contributed by atoms with van der Waals surface area (Å²) in [6, 6.07) is 5.64. The summed E-state index contributed by atoms with van der Waals surface area (Å²) in [5.41, 5.74) is 2.13. The van der Waals surface area contributed by atoms with Gasteiger partial charge in [0, 0.05) is 25.8 Å². The van der Waals surface area contributed by atoms with Gasteiger partial charge in [0.15, 0.2) is 0 Å². The fourth-order valence-electron chi connectivity index (χ4n) is 1.90. The Morgan fingerprint density at radius 2 is 2.06 bits per heavy atom. The van der Waals surface area contributed by atoms with Gasteiger partial charge in [0.25, 0.3) is 0 Å². The average molecular weight is 240 g/mol. The minimum Gasteiger partial charge on any atom is -0.382 e. The highest BCUT2D eigenvalue weighted by Crippen LogP contribution is 2.28. The van der Waals surface area contributed by atoms with E-state index in [1.54, 1.807) is 26.2 Å². The van der Waals surface area contributed by atoms with Crippen molar-refractivity contribution in [3.05, 3.63) is 23.8 Å². The monoisotopic (exact) mass is 240 g/mol. The average Bonchev–Trinajstić information content (AvgIpc) is 2.56. The van der Waals surface area contributed by atoms with Crippen molar-refractivity contribution in [3.8, 4) is 0 Å². The summed E-state index contributed by atoms with van der Waals surface area (Å²) in [7, 11) is -0.220. The fraction of sp³-hybridized carbons (Fsp3) is 0.455. The van der Waals surface area contributed by atoms with Gasteiger partial charge in [0.05, 0.1) is 4.90 Å². The van der Waals surface area contributed by atoms with Crippen LogP contribution in [0, 0.1) is 0 Å². The Kier molecular flexibility index (Phi) is 2.67. The van der Waals surface area contributed by atoms with Crippen molar-refractivity contribution >= 4 is 15.7 Å². The van der Waals surface area contributed by atoms with Crippen LogP contribution in [0.25, 0.3) is 0 Å². The van der Waals surface area contributed by atoms with Gasteiger partial charge in [-0.25, -0.2) is 12.7 Å². The third-order valence-corrected chi connectivity index (χ3v) is 4.59. The van der Waals surface area contributed by atoms with Crippen LogP contribution in [0.15, 0.2) is 23.1 Å². The predicted molar refractivity (Wildman–Crippen MR) is 64.1 cm³/mol. The van der Waals surface area contributed by atoms with E-state index in [-0.39, 0.29) is 0 Å². The largest absolute Gasteiger partial charge is 0.382 e. The maximum atomic E-state index is 11.9. The van der Waals surface area contributed by atoms with Crippen LogP contribution < -0.4 is 5.32 Å². The van der Waals surface area contributed by atoms with E-state index >= 15 is 0 Å². The quantitative estimate of drug-likeness (QED) is 0.847. The van der Waals surface area contributed by atoms with Crippen molar-refractivity contribution in [1.29, 1.82) is 0 Å². The van der Waals surface area contributed by atoms with Crippen molar-refractivity contribution in [2.75, 3.05) is 19.4 Å². The summed E-state index contributed by atoms with van der Waals surface area (Å²) in [4.78, 5) is 0.368. The molecule has 1 aliphatic heterocycles. The van der Waals surface area contributed by atoms with E-state index in [4.69, 9.17) is 0 Å². The molecular formula is C11H16N2O2S. The Balaban J connectivity index is 2.44. The van der Waals surface area contributed by atoms with E-state index in [2.05, 4.69) is 12.2 Å². The zero-order chi connectivity index (χ0) is 11.9. The second-order valence-electron chi connectivity index (χ2n) is 4.36. The zero-order valence-corrected chi connectivity index (χ0v) is 10.5. The number of fused-ring (bicyclic) bond motifs is 1. The molecule has 0 spiro atoms. The molecule has 5 heteroatoms. The maximum absolute atomic E-state index is 11.9. The molecule has 1 N–H and O–H groups in total. The lowest BCUT2D eigenvalue weighted by Crippen LogP contribution is -2.22. The highest BCUT2D eigenvalue weighted by atomic mass is 32.2. The molecule has 0 bridgehead atoms. The maximum Gasteiger partial charge on any atom is 0.242 e. The molecule has 0 fully saturated rings. The van der Waals surface area contributed by atoms with Crippen LogP contribution in [0.4, 0.5) is 5.69 Å². The fourth-order valence-corrected chi connectivity index (χ4v) is 2.85. The van der Waals surface area contributed by atoms with Gasteiger partial charge in [-0.2, -0.15) is 0 Å². The summed E-state index contributed by atoms with van der Waals surface area (Å²) in [6.07, 6.45) is 0.881. The van der Waals surface area contributed by atoms with E-state index in [1.807, 2.05) is 6.07 Å². The molecule has 0 amide bonds. The van der Waals surface area contributed by atoms with E-state index in [9.17, 15) is 8.42 Å². The molecule has 1 aromatic carbocycles. The summed E-state index contributed by atoms with van der Waals surface area (Å²) in [5, 5.41) is 3.30. The van der Waals surface area contributed by atoms with Crippen LogP contribution in [0.2, 0.25) is 0 Å². The van der Waals surface area contributed by atoms with Crippen LogP contribution in [0.3, 0.4) is 0 Å². The number of hydrogen-bond acceptors (Lipinski definition) is 3. The SMILES string of the molecule is CC1Cc2cc(S(=O)(=O)N(C)C)ccc2N1. The molecule has 4 nitrogen and oxygen atoms in total. The molecule has 1 unspecified atom stereocenters. The molecule has 0 aromatic heterocycles. The molecule has 2 rings (SSSR count). The van der Waals surface area contributed by atoms with Gasteiger partial charge >= 0.3 is 0 Å². The molecule has 0 saturated heterocycles. The van der Waals surface area contributed by atoms with Crippen molar-refractivity contribution < 1.29 is 8.42 Å². The van der Waals surface area contributed by atoms with Crippen molar-refractivity contribution in [2.45, 2.75) is 24.3 Å². The van der Waals surface area contributed by atoms with Crippen molar-refractivity contribution in [1.82, 2.24) is 4.31 Å². The number of benzene rings is 1. The normalized spacial score (nSPS) is 19.6. The van der Waals surface area contributed by atoms with E-state index in [0.717, 1.165) is 17.7 Å². The molecular weight excluding hydrogens is 224 g/mol. The first-order valence-corrected chi connectivity index (χ1v) is 6.67. The third-order valence-electron chi connectivity index (χ3n) is 2.78. The molecule has 1 aliphatic rings. The summed E-state index contributed by atoms with van der Waals surface area (Å²) >= 11 is 0. The molecule has 0 radical (unpaired) electrons. The zero-order valence-electron chi connectivity index (χ0n) is 9.69. The lowest BCUT2D eigenvalue weighted by molar-refractivity contribution is 0.520. The van der Waals surface area contributed by atoms with Crippen LogP contribution in [0.5, 0.6) is 0 Å². The molecule has 16 heavy (non-hydrogen) atoms. The van der Waals surface area contributed by atoms with Gasteiger partial charge in [-0.1, -0.05) is 0 Å². The second-order valence-corrected chi connectivity index (χ2v) is 6.51. The van der Waals surface area contributed by atoms with Crippen molar-refractivity contribution in [2.24, 2.45) is 0 Å². The Bertz CT molecular complexity index is 509. The minimum atomic E-state index is -3.31. The Hall–Kier alpha value is -1.07. The number of sulfonamides is 1. The van der Waals surface area contributed by atoms with Gasteiger partial charge in [0.1, 0.15) is 0 Å². The van der Waals surface area contributed by atoms with Gasteiger partial charge in [-0.05, 0) is 37.1 Å². The molecule has 1 atom stereocenters. The van der Waals surface area contributed by atoms with Crippen LogP contribution in [-0.2, 0) is 16.4 Å². The first kappa shape index (κ1) is 11.4. The topological polar surface area (TPSA) is 49.4 Å². The molecule has 0 aliphatic carbocycles. The predicted octanol–water partition coefficient (Wildman–Crippen LogP) is 1.29. The molecule has 0 saturated carbocycles. The van der Waals surface area contributed by atoms with Gasteiger partial charge in [0.2, 0.25) is 10.0 Å². The van der Waals surface area contributed by atoms with Gasteiger partial charge in [-0.3, -0.25) is 0 Å². The first-order chi connectivity index (χ1) is 7.41. The summed E-state index contributed by atoms with van der Waals surface area (Å²) in [5.74, 6) is 0. The second kappa shape index (κ2) is 3.75. The van der Waals surface area contributed by atoms with Gasteiger partial charge < -0.3 is 5.32 Å². The Labute approximate surface area is 96.3 Å². The molecule has 88 valence electrons. The molecule has 1 aromatic rings. The van der Waals surface area contributed by atoms with E-state index < -0.39 is 10.0 Å². The third kappa shape index (κ3) is 1.81. The Morgan fingerprint density at radius 1 is 1.38 bits per heavy atom.